The van der Waals surface area contributed by atoms with Gasteiger partial charge in [0, 0.05) is 12.0 Å². The summed E-state index contributed by atoms with van der Waals surface area (Å²) in [4.78, 5) is 16.7. The topological polar surface area (TPSA) is 80.7 Å². The molecule has 0 bridgehead atoms. The Labute approximate surface area is 169 Å². The van der Waals surface area contributed by atoms with E-state index in [0.29, 0.717) is 23.5 Å². The van der Waals surface area contributed by atoms with Crippen LogP contribution >= 0.6 is 0 Å². The Balaban J connectivity index is 1.27. The Morgan fingerprint density at radius 1 is 1.00 bits per heavy atom. The lowest BCUT2D eigenvalue weighted by atomic mass is 10.1. The summed E-state index contributed by atoms with van der Waals surface area (Å²) in [6.07, 6.45) is 2.98. The number of hydrogen-bond acceptors (Lipinski definition) is 5. The van der Waals surface area contributed by atoms with E-state index < -0.39 is 0 Å². The fourth-order valence-electron chi connectivity index (χ4n) is 3.26. The second-order valence-corrected chi connectivity index (χ2v) is 6.87. The Morgan fingerprint density at radius 2 is 1.86 bits per heavy atom. The van der Waals surface area contributed by atoms with E-state index in [2.05, 4.69) is 10.3 Å². The number of aromatic hydroxyl groups is 1. The second-order valence-electron chi connectivity index (χ2n) is 6.87. The fraction of sp³-hybridized carbons (Fsp3) is 0.217. The van der Waals surface area contributed by atoms with E-state index >= 15 is 0 Å². The predicted octanol–water partition coefficient (Wildman–Crippen LogP) is 4.53. The third-order valence-electron chi connectivity index (χ3n) is 4.75. The molecule has 0 saturated heterocycles. The quantitative estimate of drug-likeness (QED) is 0.579. The number of aryl methyl sites for hydroxylation is 1. The summed E-state index contributed by atoms with van der Waals surface area (Å²) in [6.45, 7) is 0.276. The number of nitrogens with one attached hydrogen (secondary N) is 1. The summed E-state index contributed by atoms with van der Waals surface area (Å²) < 4.78 is 10.7. The van der Waals surface area contributed by atoms with Crippen LogP contribution in [-0.4, -0.2) is 22.8 Å². The molecule has 1 aliphatic heterocycles. The third kappa shape index (κ3) is 4.66. The van der Waals surface area contributed by atoms with Crippen LogP contribution in [-0.2, 0) is 11.2 Å². The van der Waals surface area contributed by atoms with Crippen molar-refractivity contribution in [1.29, 1.82) is 0 Å². The number of fused-ring (bicyclic) bond motifs is 1. The van der Waals surface area contributed by atoms with Crippen LogP contribution in [0.15, 0.2) is 60.7 Å². The van der Waals surface area contributed by atoms with Gasteiger partial charge < -0.3 is 19.9 Å². The van der Waals surface area contributed by atoms with Crippen molar-refractivity contribution in [2.24, 2.45) is 0 Å². The Bertz CT molecular complexity index is 1020. The molecule has 0 spiro atoms. The molecule has 6 nitrogen and oxygen atoms in total. The zero-order valence-electron chi connectivity index (χ0n) is 15.9. The first-order chi connectivity index (χ1) is 14.2. The number of phenolic OH excluding ortho intramolecular Hbond substituents is 1. The number of unbranched alkanes of at least 4 members (excludes halogenated alkanes) is 1. The lowest BCUT2D eigenvalue weighted by Crippen LogP contribution is -2.12. The van der Waals surface area contributed by atoms with Gasteiger partial charge in [-0.2, -0.15) is 0 Å². The van der Waals surface area contributed by atoms with Crippen LogP contribution in [0.5, 0.6) is 17.2 Å². The molecule has 3 aromatic rings. The molecule has 1 aliphatic rings. The molecular formula is C23H22N2O4. The van der Waals surface area contributed by atoms with Gasteiger partial charge in [0.15, 0.2) is 11.5 Å². The number of hydrogen-bond donors (Lipinski definition) is 2. The van der Waals surface area contributed by atoms with Crippen molar-refractivity contribution < 1.29 is 19.4 Å². The number of benzene rings is 2. The molecular weight excluding hydrogens is 368 g/mol. The van der Waals surface area contributed by atoms with E-state index in [-0.39, 0.29) is 18.4 Å². The summed E-state index contributed by atoms with van der Waals surface area (Å²) in [5, 5.41) is 12.8. The van der Waals surface area contributed by atoms with Gasteiger partial charge in [-0.25, -0.2) is 4.98 Å². The highest BCUT2D eigenvalue weighted by Crippen LogP contribution is 2.33. The molecule has 1 amide bonds. The van der Waals surface area contributed by atoms with Crippen molar-refractivity contribution in [2.45, 2.75) is 25.7 Å². The maximum atomic E-state index is 12.3. The molecule has 0 aliphatic carbocycles. The number of aromatic nitrogens is 1. The van der Waals surface area contributed by atoms with Gasteiger partial charge in [0.1, 0.15) is 11.6 Å². The number of ether oxygens (including phenoxy) is 2. The molecule has 29 heavy (non-hydrogen) atoms. The van der Waals surface area contributed by atoms with E-state index in [9.17, 15) is 9.90 Å². The molecule has 2 N–H and O–H groups in total. The maximum Gasteiger partial charge on any atom is 0.231 e. The third-order valence-corrected chi connectivity index (χ3v) is 4.75. The molecule has 0 unspecified atom stereocenters. The van der Waals surface area contributed by atoms with E-state index in [1.165, 1.54) is 5.56 Å². The van der Waals surface area contributed by atoms with Gasteiger partial charge in [-0.3, -0.25) is 4.79 Å². The number of amides is 1. The van der Waals surface area contributed by atoms with Crippen molar-refractivity contribution in [1.82, 2.24) is 4.98 Å². The highest BCUT2D eigenvalue weighted by Gasteiger charge is 2.13. The highest BCUT2D eigenvalue weighted by molar-refractivity contribution is 5.90. The smallest absolute Gasteiger partial charge is 0.231 e. The summed E-state index contributed by atoms with van der Waals surface area (Å²) in [6, 6.07) is 18.3. The molecule has 6 heteroatoms. The molecule has 0 saturated carbocycles. The second kappa shape index (κ2) is 8.65. The van der Waals surface area contributed by atoms with Crippen molar-refractivity contribution in [3.05, 3.63) is 66.2 Å². The molecule has 0 fully saturated rings. The number of nitrogens with zero attached hydrogens (tertiary/aromatic N) is 1. The van der Waals surface area contributed by atoms with Gasteiger partial charge in [0.25, 0.3) is 0 Å². The minimum atomic E-state index is -0.0716. The minimum absolute atomic E-state index is 0.0716. The van der Waals surface area contributed by atoms with Gasteiger partial charge in [-0.1, -0.05) is 24.3 Å². The average Bonchev–Trinajstić information content (AvgIpc) is 3.20. The van der Waals surface area contributed by atoms with E-state index in [0.717, 1.165) is 30.8 Å². The zero-order chi connectivity index (χ0) is 20.1. The van der Waals surface area contributed by atoms with Crippen molar-refractivity contribution in [3.63, 3.8) is 0 Å². The molecule has 148 valence electrons. The number of rotatable bonds is 7. The number of carbonyl (C=O) groups excluding carboxylic acids is 1. The van der Waals surface area contributed by atoms with Gasteiger partial charge in [0.2, 0.25) is 12.7 Å². The van der Waals surface area contributed by atoms with Crippen molar-refractivity contribution >= 4 is 11.7 Å². The van der Waals surface area contributed by atoms with Gasteiger partial charge in [-0.15, -0.1) is 0 Å². The number of carbonyl (C=O) groups is 1. The molecule has 2 aromatic carbocycles. The molecule has 0 radical (unpaired) electrons. The monoisotopic (exact) mass is 390 g/mol. The van der Waals surface area contributed by atoms with Crippen LogP contribution in [0.1, 0.15) is 24.8 Å². The number of pyridine rings is 1. The lowest BCUT2D eigenvalue weighted by Gasteiger charge is -2.08. The van der Waals surface area contributed by atoms with E-state index in [4.69, 9.17) is 9.47 Å². The first-order valence-corrected chi connectivity index (χ1v) is 9.63. The zero-order valence-corrected chi connectivity index (χ0v) is 15.9. The summed E-state index contributed by atoms with van der Waals surface area (Å²) in [7, 11) is 0. The van der Waals surface area contributed by atoms with Crippen molar-refractivity contribution in [3.8, 4) is 28.5 Å². The SMILES string of the molecule is O=C(CCCCc1ccc2c(c1)OCO2)Nc1cccc(-c2ccccc2O)n1. The molecule has 1 aromatic heterocycles. The van der Waals surface area contributed by atoms with Crippen LogP contribution < -0.4 is 14.8 Å². The Hall–Kier alpha value is -3.54. The first-order valence-electron chi connectivity index (χ1n) is 9.63. The number of para-hydroxylation sites is 1. The molecule has 4 rings (SSSR count). The highest BCUT2D eigenvalue weighted by atomic mass is 16.7. The standard InChI is InChI=1S/C23H22N2O4/c26-19-9-3-2-7-17(19)18-8-5-10-22(24-18)25-23(27)11-4-1-6-16-12-13-20-21(14-16)29-15-28-20/h2-3,5,7-10,12-14,26H,1,4,6,11,15H2,(H,24,25,27). The van der Waals surface area contributed by atoms with Gasteiger partial charge >= 0.3 is 0 Å². The Morgan fingerprint density at radius 3 is 2.76 bits per heavy atom. The maximum absolute atomic E-state index is 12.3. The van der Waals surface area contributed by atoms with Gasteiger partial charge in [-0.05, 0) is 61.2 Å². The molecule has 0 atom stereocenters. The van der Waals surface area contributed by atoms with E-state index in [1.54, 1.807) is 30.3 Å². The number of anilines is 1. The minimum Gasteiger partial charge on any atom is -0.507 e. The molecule has 2 heterocycles. The fourth-order valence-corrected chi connectivity index (χ4v) is 3.26. The average molecular weight is 390 g/mol. The first kappa shape index (κ1) is 18.8. The normalized spacial score (nSPS) is 12.0. The van der Waals surface area contributed by atoms with Crippen LogP contribution in [0.3, 0.4) is 0 Å². The van der Waals surface area contributed by atoms with E-state index in [1.807, 2.05) is 30.3 Å². The Kier molecular flexibility index (Phi) is 5.61. The number of phenols is 1. The van der Waals surface area contributed by atoms with Crippen LogP contribution in [0, 0.1) is 0 Å². The summed E-state index contributed by atoms with van der Waals surface area (Å²) in [5.74, 6) is 2.14. The van der Waals surface area contributed by atoms with Crippen LogP contribution in [0.2, 0.25) is 0 Å². The summed E-state index contributed by atoms with van der Waals surface area (Å²) in [5.41, 5.74) is 2.42. The summed E-state index contributed by atoms with van der Waals surface area (Å²) >= 11 is 0. The van der Waals surface area contributed by atoms with Crippen LogP contribution in [0.25, 0.3) is 11.3 Å². The predicted molar refractivity (Wildman–Crippen MR) is 110 cm³/mol. The van der Waals surface area contributed by atoms with Gasteiger partial charge in [0.05, 0.1) is 5.69 Å². The van der Waals surface area contributed by atoms with Crippen molar-refractivity contribution in [2.75, 3.05) is 12.1 Å². The van der Waals surface area contributed by atoms with Crippen LogP contribution in [0.4, 0.5) is 5.82 Å². The largest absolute Gasteiger partial charge is 0.507 e. The lowest BCUT2D eigenvalue weighted by molar-refractivity contribution is -0.116.